The molecule has 0 atom stereocenters. The third-order valence-corrected chi connectivity index (χ3v) is 4.37. The Morgan fingerprint density at radius 3 is 2.82 bits per heavy atom. The predicted octanol–water partition coefficient (Wildman–Crippen LogP) is 4.15. The topological polar surface area (TPSA) is 78.2 Å². The zero-order chi connectivity index (χ0) is 15.9. The average molecular weight is 319 g/mol. The van der Waals surface area contributed by atoms with Gasteiger partial charge in [0, 0.05) is 17.0 Å². The van der Waals surface area contributed by atoms with Gasteiger partial charge in [0.2, 0.25) is 11.6 Å². The van der Waals surface area contributed by atoms with E-state index < -0.39 is 10.7 Å². The Morgan fingerprint density at radius 1 is 1.32 bits per heavy atom. The first-order valence-corrected chi connectivity index (χ1v) is 7.11. The van der Waals surface area contributed by atoms with Gasteiger partial charge in [-0.3, -0.25) is 10.1 Å². The van der Waals surface area contributed by atoms with Gasteiger partial charge in [0.15, 0.2) is 0 Å². The van der Waals surface area contributed by atoms with E-state index in [1.54, 1.807) is 0 Å². The molecule has 22 heavy (non-hydrogen) atoms. The molecule has 0 aliphatic carbocycles. The highest BCUT2D eigenvalue weighted by molar-refractivity contribution is 7.18. The number of ether oxygens (including phenoxy) is 1. The summed E-state index contributed by atoms with van der Waals surface area (Å²) in [6.07, 6.45) is 1.32. The highest BCUT2D eigenvalue weighted by Gasteiger charge is 2.20. The van der Waals surface area contributed by atoms with Crippen molar-refractivity contribution in [2.24, 2.45) is 0 Å². The van der Waals surface area contributed by atoms with Gasteiger partial charge in [-0.25, -0.2) is 14.4 Å². The Hall–Kier alpha value is -2.61. The highest BCUT2D eigenvalue weighted by atomic mass is 32.1. The lowest BCUT2D eigenvalue weighted by molar-refractivity contribution is -0.385. The molecule has 0 saturated heterocycles. The lowest BCUT2D eigenvalue weighted by Crippen LogP contribution is -1.96. The van der Waals surface area contributed by atoms with Gasteiger partial charge in [-0.2, -0.15) is 0 Å². The van der Waals surface area contributed by atoms with E-state index in [9.17, 15) is 14.5 Å². The predicted molar refractivity (Wildman–Crippen MR) is 80.0 cm³/mol. The van der Waals surface area contributed by atoms with Crippen molar-refractivity contribution < 1.29 is 14.1 Å². The van der Waals surface area contributed by atoms with Crippen LogP contribution in [-0.2, 0) is 0 Å². The quantitative estimate of drug-likeness (QED) is 0.535. The molecule has 0 bridgehead atoms. The third kappa shape index (κ3) is 2.37. The second-order valence-electron chi connectivity index (χ2n) is 4.61. The number of hydrogen-bond acceptors (Lipinski definition) is 6. The molecule has 0 unspecified atom stereocenters. The van der Waals surface area contributed by atoms with Crippen molar-refractivity contribution in [3.63, 3.8) is 0 Å². The van der Waals surface area contributed by atoms with Crippen molar-refractivity contribution >= 4 is 27.2 Å². The van der Waals surface area contributed by atoms with Gasteiger partial charge in [0.1, 0.15) is 17.0 Å². The van der Waals surface area contributed by atoms with Crippen molar-refractivity contribution in [2.75, 3.05) is 0 Å². The molecule has 6 nitrogen and oxygen atoms in total. The van der Waals surface area contributed by atoms with Crippen LogP contribution in [0, 0.1) is 29.8 Å². The molecular weight excluding hydrogens is 309 g/mol. The fourth-order valence-corrected chi connectivity index (χ4v) is 3.04. The molecule has 3 aromatic rings. The molecule has 3 rings (SSSR count). The molecule has 8 heteroatoms. The highest BCUT2D eigenvalue weighted by Crippen LogP contribution is 2.38. The molecule has 2 heterocycles. The number of fused-ring (bicyclic) bond motifs is 1. The Balaban J connectivity index is 2.15. The molecule has 2 aromatic heterocycles. The van der Waals surface area contributed by atoms with Crippen LogP contribution in [0.5, 0.6) is 11.6 Å². The summed E-state index contributed by atoms with van der Waals surface area (Å²) in [7, 11) is 0. The monoisotopic (exact) mass is 319 g/mol. The number of rotatable bonds is 3. The minimum atomic E-state index is -0.626. The largest absolute Gasteiger partial charge is 0.431 e. The Labute approximate surface area is 128 Å². The van der Waals surface area contributed by atoms with E-state index in [0.29, 0.717) is 5.39 Å². The van der Waals surface area contributed by atoms with Gasteiger partial charge in [-0.1, -0.05) is 0 Å². The fourth-order valence-electron chi connectivity index (χ4n) is 2.05. The molecule has 0 aliphatic rings. The van der Waals surface area contributed by atoms with Crippen LogP contribution in [-0.4, -0.2) is 14.9 Å². The van der Waals surface area contributed by atoms with Crippen LogP contribution < -0.4 is 4.74 Å². The maximum Gasteiger partial charge on any atom is 0.311 e. The van der Waals surface area contributed by atoms with Gasteiger partial charge in [-0.05, 0) is 25.5 Å². The van der Waals surface area contributed by atoms with Crippen LogP contribution >= 0.6 is 11.3 Å². The summed E-state index contributed by atoms with van der Waals surface area (Å²) < 4.78 is 18.9. The van der Waals surface area contributed by atoms with Crippen LogP contribution in [0.3, 0.4) is 0 Å². The van der Waals surface area contributed by atoms with Crippen molar-refractivity contribution in [1.29, 1.82) is 0 Å². The minimum Gasteiger partial charge on any atom is -0.431 e. The summed E-state index contributed by atoms with van der Waals surface area (Å²) in [4.78, 5) is 20.4. The smallest absolute Gasteiger partial charge is 0.311 e. The number of nitro benzene ring substituents is 1. The second-order valence-corrected chi connectivity index (χ2v) is 5.82. The van der Waals surface area contributed by atoms with Crippen molar-refractivity contribution in [3.8, 4) is 11.6 Å². The Kier molecular flexibility index (Phi) is 3.45. The molecule has 0 aliphatic heterocycles. The Bertz CT molecular complexity index is 894. The molecule has 112 valence electrons. The van der Waals surface area contributed by atoms with Gasteiger partial charge >= 0.3 is 5.69 Å². The van der Waals surface area contributed by atoms with Crippen LogP contribution in [0.2, 0.25) is 0 Å². The summed E-state index contributed by atoms with van der Waals surface area (Å²) in [6, 6.07) is 3.05. The van der Waals surface area contributed by atoms with Gasteiger partial charge in [-0.15, -0.1) is 11.3 Å². The molecule has 0 fully saturated rings. The summed E-state index contributed by atoms with van der Waals surface area (Å²) >= 11 is 1.48. The SMILES string of the molecule is Cc1sc2ncnc(Oc3cc(F)ccc3[N+](=O)[O-])c2c1C. The Morgan fingerprint density at radius 2 is 2.09 bits per heavy atom. The van der Waals surface area contributed by atoms with E-state index in [1.165, 1.54) is 17.7 Å². The average Bonchev–Trinajstić information content (AvgIpc) is 2.75. The maximum absolute atomic E-state index is 13.4. The molecule has 0 amide bonds. The molecular formula is C14H10FN3O3S. The number of thiophene rings is 1. The summed E-state index contributed by atoms with van der Waals surface area (Å²) in [6.45, 7) is 3.83. The van der Waals surface area contributed by atoms with Crippen molar-refractivity contribution in [1.82, 2.24) is 9.97 Å². The van der Waals surface area contributed by atoms with E-state index in [-0.39, 0.29) is 17.3 Å². The van der Waals surface area contributed by atoms with Gasteiger partial charge in [0.25, 0.3) is 0 Å². The number of aryl methyl sites for hydroxylation is 2. The molecule has 0 radical (unpaired) electrons. The van der Waals surface area contributed by atoms with E-state index in [4.69, 9.17) is 4.74 Å². The number of halogens is 1. The number of aromatic nitrogens is 2. The van der Waals surface area contributed by atoms with E-state index in [0.717, 1.165) is 33.5 Å². The lowest BCUT2D eigenvalue weighted by Gasteiger charge is -2.07. The first-order valence-electron chi connectivity index (χ1n) is 6.30. The first-order chi connectivity index (χ1) is 10.5. The van der Waals surface area contributed by atoms with Crippen molar-refractivity contribution in [3.05, 3.63) is 50.9 Å². The number of nitrogens with zero attached hydrogens (tertiary/aromatic N) is 3. The van der Waals surface area contributed by atoms with E-state index in [2.05, 4.69) is 9.97 Å². The van der Waals surface area contributed by atoms with Crippen LogP contribution in [0.25, 0.3) is 10.2 Å². The van der Waals surface area contributed by atoms with E-state index in [1.807, 2.05) is 13.8 Å². The molecule has 0 saturated carbocycles. The minimum absolute atomic E-state index is 0.181. The fraction of sp³-hybridized carbons (Fsp3) is 0.143. The summed E-state index contributed by atoms with van der Waals surface area (Å²) in [5.41, 5.74) is 0.618. The van der Waals surface area contributed by atoms with Gasteiger partial charge < -0.3 is 4.74 Å². The zero-order valence-electron chi connectivity index (χ0n) is 11.7. The maximum atomic E-state index is 13.4. The molecule has 1 aromatic carbocycles. The second kappa shape index (κ2) is 5.30. The normalized spacial score (nSPS) is 10.9. The van der Waals surface area contributed by atoms with E-state index >= 15 is 0 Å². The standard InChI is InChI=1S/C14H10FN3O3S/c1-7-8(2)22-14-12(7)13(16-6-17-14)21-11-5-9(15)3-4-10(11)18(19)20/h3-6H,1-2H3. The first kappa shape index (κ1) is 14.3. The van der Waals surface area contributed by atoms with Crippen LogP contribution in [0.1, 0.15) is 10.4 Å². The number of nitro groups is 1. The molecule has 0 spiro atoms. The third-order valence-electron chi connectivity index (χ3n) is 3.26. The van der Waals surface area contributed by atoms with Crippen molar-refractivity contribution in [2.45, 2.75) is 13.8 Å². The lowest BCUT2D eigenvalue weighted by atomic mass is 10.2. The van der Waals surface area contributed by atoms with Crippen LogP contribution in [0.15, 0.2) is 24.5 Å². The van der Waals surface area contributed by atoms with Gasteiger partial charge in [0.05, 0.1) is 10.3 Å². The summed E-state index contributed by atoms with van der Waals surface area (Å²) in [5.74, 6) is -0.627. The summed E-state index contributed by atoms with van der Waals surface area (Å²) in [5, 5.41) is 11.7. The number of benzene rings is 1. The zero-order valence-corrected chi connectivity index (χ0v) is 12.5. The number of hydrogen-bond donors (Lipinski definition) is 0. The molecule has 0 N–H and O–H groups in total. The van der Waals surface area contributed by atoms with Crippen LogP contribution in [0.4, 0.5) is 10.1 Å².